The molecule has 0 fully saturated rings. The molecule has 2 amide bonds. The fraction of sp³-hybridized carbons (Fsp3) is 0.353. The van der Waals surface area contributed by atoms with Crippen LogP contribution < -0.4 is 5.32 Å². The van der Waals surface area contributed by atoms with E-state index in [4.69, 9.17) is 0 Å². The topological polar surface area (TPSA) is 62.3 Å². The van der Waals surface area contributed by atoms with E-state index in [0.717, 1.165) is 5.56 Å². The van der Waals surface area contributed by atoms with E-state index in [0.29, 0.717) is 30.3 Å². The number of aromatic nitrogens is 1. The Kier molecular flexibility index (Phi) is 4.43. The Balaban J connectivity index is 1.82. The smallest absolute Gasteiger partial charge is 0.255 e. The molecule has 1 aliphatic heterocycles. The predicted molar refractivity (Wildman–Crippen MR) is 90.3 cm³/mol. The molecular weight excluding hydrogens is 310 g/mol. The first-order valence-electron chi connectivity index (χ1n) is 7.66. The Labute approximate surface area is 139 Å². The largest absolute Gasteiger partial charge is 0.322 e. The second-order valence-electron chi connectivity index (χ2n) is 6.11. The molecule has 1 N–H and O–H groups in total. The highest BCUT2D eigenvalue weighted by atomic mass is 32.1. The van der Waals surface area contributed by atoms with Gasteiger partial charge in [-0.2, -0.15) is 4.37 Å². The molecule has 2 aromatic rings. The maximum Gasteiger partial charge on any atom is 0.255 e. The minimum absolute atomic E-state index is 0.0697. The van der Waals surface area contributed by atoms with Crippen LogP contribution in [0.4, 0.5) is 5.82 Å². The van der Waals surface area contributed by atoms with Gasteiger partial charge in [-0.15, -0.1) is 0 Å². The number of amides is 2. The van der Waals surface area contributed by atoms with E-state index >= 15 is 0 Å². The number of fused-ring (bicyclic) bond motifs is 1. The first kappa shape index (κ1) is 15.7. The predicted octanol–water partition coefficient (Wildman–Crippen LogP) is 3.15. The molecule has 120 valence electrons. The number of anilines is 1. The highest BCUT2D eigenvalue weighted by Crippen LogP contribution is 2.27. The number of hydrogen-bond donors (Lipinski definition) is 1. The normalized spacial score (nSPS) is 14.9. The Morgan fingerprint density at radius 3 is 2.78 bits per heavy atom. The fourth-order valence-electron chi connectivity index (χ4n) is 2.84. The minimum atomic E-state index is -0.489. The molecule has 0 saturated carbocycles. The summed E-state index contributed by atoms with van der Waals surface area (Å²) < 4.78 is 4.11. The number of hydrogen-bond acceptors (Lipinski definition) is 4. The van der Waals surface area contributed by atoms with Crippen LogP contribution in [0, 0.1) is 5.92 Å². The molecule has 3 rings (SSSR count). The molecule has 0 saturated heterocycles. The second-order valence-corrected chi connectivity index (χ2v) is 6.78. The number of rotatable bonds is 5. The summed E-state index contributed by atoms with van der Waals surface area (Å²) >= 11 is 1.28. The zero-order valence-corrected chi connectivity index (χ0v) is 14.0. The van der Waals surface area contributed by atoms with Crippen molar-refractivity contribution in [3.63, 3.8) is 0 Å². The molecule has 23 heavy (non-hydrogen) atoms. The van der Waals surface area contributed by atoms with Gasteiger partial charge in [-0.25, -0.2) is 0 Å². The molecule has 1 aromatic heterocycles. The quantitative estimate of drug-likeness (QED) is 0.916. The summed E-state index contributed by atoms with van der Waals surface area (Å²) in [4.78, 5) is 27.0. The molecule has 6 heteroatoms. The molecule has 5 nitrogen and oxygen atoms in total. The summed E-state index contributed by atoms with van der Waals surface area (Å²) in [6.45, 7) is 4.59. The lowest BCUT2D eigenvalue weighted by atomic mass is 10.0. The van der Waals surface area contributed by atoms with Gasteiger partial charge >= 0.3 is 0 Å². The van der Waals surface area contributed by atoms with Crippen molar-refractivity contribution >= 4 is 29.2 Å². The number of carbonyl (C=O) groups is 2. The van der Waals surface area contributed by atoms with E-state index in [1.54, 1.807) is 11.0 Å². The monoisotopic (exact) mass is 329 g/mol. The van der Waals surface area contributed by atoms with Gasteiger partial charge in [-0.3, -0.25) is 9.59 Å². The highest BCUT2D eigenvalue weighted by Gasteiger charge is 2.36. The zero-order chi connectivity index (χ0) is 16.4. The van der Waals surface area contributed by atoms with Gasteiger partial charge in [-0.1, -0.05) is 32.0 Å². The van der Waals surface area contributed by atoms with Gasteiger partial charge in [0.1, 0.15) is 11.9 Å². The minimum Gasteiger partial charge on any atom is -0.322 e. The lowest BCUT2D eigenvalue weighted by Crippen LogP contribution is -2.45. The van der Waals surface area contributed by atoms with E-state index in [2.05, 4.69) is 23.5 Å². The van der Waals surface area contributed by atoms with Crippen LogP contribution in [0.5, 0.6) is 0 Å². The van der Waals surface area contributed by atoms with Crippen molar-refractivity contribution in [1.82, 2.24) is 9.27 Å². The van der Waals surface area contributed by atoms with Crippen LogP contribution >= 0.6 is 11.5 Å². The lowest BCUT2D eigenvalue weighted by molar-refractivity contribution is -0.121. The van der Waals surface area contributed by atoms with Gasteiger partial charge in [0, 0.05) is 17.5 Å². The van der Waals surface area contributed by atoms with Crippen molar-refractivity contribution in [2.75, 3.05) is 5.32 Å². The van der Waals surface area contributed by atoms with Crippen LogP contribution in [0.25, 0.3) is 0 Å². The molecule has 1 aromatic carbocycles. The Bertz CT molecular complexity index is 712. The van der Waals surface area contributed by atoms with Crippen LogP contribution in [0.2, 0.25) is 0 Å². The van der Waals surface area contributed by atoms with Crippen LogP contribution in [0.3, 0.4) is 0 Å². The molecule has 0 radical (unpaired) electrons. The third-order valence-corrected chi connectivity index (χ3v) is 4.47. The van der Waals surface area contributed by atoms with Gasteiger partial charge < -0.3 is 10.2 Å². The van der Waals surface area contributed by atoms with Gasteiger partial charge in [0.2, 0.25) is 5.91 Å². The third kappa shape index (κ3) is 3.27. The Hall–Kier alpha value is -2.21. The molecule has 0 aliphatic carbocycles. The summed E-state index contributed by atoms with van der Waals surface area (Å²) in [5.74, 6) is 0.598. The zero-order valence-electron chi connectivity index (χ0n) is 13.2. The maximum atomic E-state index is 12.7. The van der Waals surface area contributed by atoms with Gasteiger partial charge in [-0.05, 0) is 41.6 Å². The first-order valence-corrected chi connectivity index (χ1v) is 8.50. The average Bonchev–Trinajstić information content (AvgIpc) is 3.13. The Morgan fingerprint density at radius 2 is 2.13 bits per heavy atom. The lowest BCUT2D eigenvalue weighted by Gasteiger charge is -2.28. The van der Waals surface area contributed by atoms with Crippen LogP contribution in [0.1, 0.15) is 36.2 Å². The van der Waals surface area contributed by atoms with Crippen molar-refractivity contribution in [1.29, 1.82) is 0 Å². The van der Waals surface area contributed by atoms with Crippen LogP contribution in [-0.4, -0.2) is 27.1 Å². The number of carbonyl (C=O) groups excluding carboxylic acids is 2. The molecule has 0 unspecified atom stereocenters. The first-order chi connectivity index (χ1) is 11.1. The van der Waals surface area contributed by atoms with E-state index in [-0.39, 0.29) is 11.8 Å². The number of benzene rings is 1. The van der Waals surface area contributed by atoms with Crippen molar-refractivity contribution in [3.8, 4) is 0 Å². The summed E-state index contributed by atoms with van der Waals surface area (Å²) in [5.41, 5.74) is 1.68. The summed E-state index contributed by atoms with van der Waals surface area (Å²) in [5, 5.41) is 4.63. The highest BCUT2D eigenvalue weighted by molar-refractivity contribution is 7.03. The van der Waals surface area contributed by atoms with Crippen molar-refractivity contribution in [3.05, 3.63) is 46.8 Å². The molecule has 1 aliphatic rings. The molecule has 2 heterocycles. The standard InChI is InChI=1S/C17H19N3O2S/c1-11(2)9-14(16(21)18-15-7-8-23-19-15)20-10-12-5-3-4-6-13(12)17(20)22/h3-8,11,14H,9-10H2,1-2H3,(H,18,19,21)/t14-/m1/s1. The summed E-state index contributed by atoms with van der Waals surface area (Å²) in [7, 11) is 0. The van der Waals surface area contributed by atoms with Crippen molar-refractivity contribution < 1.29 is 9.59 Å². The van der Waals surface area contributed by atoms with E-state index in [1.807, 2.05) is 29.6 Å². The fourth-order valence-corrected chi connectivity index (χ4v) is 3.31. The third-order valence-electron chi connectivity index (χ3n) is 3.91. The number of nitrogens with one attached hydrogen (secondary N) is 1. The van der Waals surface area contributed by atoms with Gasteiger partial charge in [0.05, 0.1) is 0 Å². The molecule has 1 atom stereocenters. The van der Waals surface area contributed by atoms with E-state index in [9.17, 15) is 9.59 Å². The molecule has 0 bridgehead atoms. The van der Waals surface area contributed by atoms with Crippen molar-refractivity contribution in [2.24, 2.45) is 5.92 Å². The second kappa shape index (κ2) is 6.50. The SMILES string of the molecule is CC(C)C[C@H](C(=O)Nc1ccsn1)N1Cc2ccccc2C1=O. The van der Waals surface area contributed by atoms with Crippen molar-refractivity contribution in [2.45, 2.75) is 32.9 Å². The van der Waals surface area contributed by atoms with Gasteiger partial charge in [0.25, 0.3) is 5.91 Å². The van der Waals surface area contributed by atoms with Crippen LogP contribution in [-0.2, 0) is 11.3 Å². The molecule has 0 spiro atoms. The van der Waals surface area contributed by atoms with Crippen LogP contribution in [0.15, 0.2) is 35.7 Å². The van der Waals surface area contributed by atoms with E-state index < -0.39 is 6.04 Å². The summed E-state index contributed by atoms with van der Waals surface area (Å²) in [6, 6.07) is 8.81. The summed E-state index contributed by atoms with van der Waals surface area (Å²) in [6.07, 6.45) is 0.621. The maximum absolute atomic E-state index is 12.7. The Morgan fingerprint density at radius 1 is 1.35 bits per heavy atom. The van der Waals surface area contributed by atoms with E-state index in [1.165, 1.54) is 11.5 Å². The number of nitrogens with zero attached hydrogens (tertiary/aromatic N) is 2. The average molecular weight is 329 g/mol. The van der Waals surface area contributed by atoms with Gasteiger partial charge in [0.15, 0.2) is 0 Å². The molecular formula is C17H19N3O2S.